The molecule has 144 valence electrons. The molecule has 0 radical (unpaired) electrons. The van der Waals surface area contributed by atoms with E-state index >= 15 is 0 Å². The van der Waals surface area contributed by atoms with Gasteiger partial charge in [0.15, 0.2) is 11.5 Å². The number of rotatable bonds is 5. The molecular formula is C19H18N4O4S. The van der Waals surface area contributed by atoms with Gasteiger partial charge in [0.05, 0.1) is 22.1 Å². The van der Waals surface area contributed by atoms with Crippen LogP contribution in [0.25, 0.3) is 10.6 Å². The summed E-state index contributed by atoms with van der Waals surface area (Å²) in [5, 5.41) is 8.16. The molecular weight excluding hydrogens is 380 g/mol. The molecule has 3 aromatic rings. The summed E-state index contributed by atoms with van der Waals surface area (Å²) < 4.78 is 11.9. The van der Waals surface area contributed by atoms with E-state index in [9.17, 15) is 9.59 Å². The zero-order chi connectivity index (χ0) is 19.7. The molecule has 1 N–H and O–H groups in total. The Morgan fingerprint density at radius 3 is 2.82 bits per heavy atom. The summed E-state index contributed by atoms with van der Waals surface area (Å²) >= 11 is 1.54. The number of nitrogens with one attached hydrogen (secondary N) is 1. The summed E-state index contributed by atoms with van der Waals surface area (Å²) in [6, 6.07) is 8.19. The first-order valence-corrected chi connectivity index (χ1v) is 9.53. The molecule has 3 heterocycles. The minimum absolute atomic E-state index is 0.157. The number of thiazole rings is 1. The summed E-state index contributed by atoms with van der Waals surface area (Å²) in [6.45, 7) is 4.54. The number of ether oxygens (including phenoxy) is 2. The second-order valence-corrected chi connectivity index (χ2v) is 7.45. The van der Waals surface area contributed by atoms with Gasteiger partial charge in [0, 0.05) is 18.2 Å². The lowest BCUT2D eigenvalue weighted by Crippen LogP contribution is -2.31. The highest BCUT2D eigenvalue weighted by Gasteiger charge is 2.16. The molecule has 0 unspecified atom stereocenters. The van der Waals surface area contributed by atoms with Crippen LogP contribution in [0.3, 0.4) is 0 Å². The fourth-order valence-electron chi connectivity index (χ4n) is 2.91. The van der Waals surface area contributed by atoms with Gasteiger partial charge in [-0.05, 0) is 38.1 Å². The van der Waals surface area contributed by atoms with Crippen LogP contribution in [0, 0.1) is 13.8 Å². The van der Waals surface area contributed by atoms with Gasteiger partial charge in [0.25, 0.3) is 11.5 Å². The fourth-order valence-corrected chi connectivity index (χ4v) is 3.80. The Balaban J connectivity index is 1.43. The number of carbonyl (C=O) groups is 1. The number of nitrogens with zero attached hydrogens (tertiary/aromatic N) is 3. The van der Waals surface area contributed by atoms with Crippen LogP contribution < -0.4 is 20.3 Å². The third kappa shape index (κ3) is 3.61. The van der Waals surface area contributed by atoms with Crippen LogP contribution in [0.4, 0.5) is 0 Å². The first kappa shape index (κ1) is 18.2. The average Bonchev–Trinajstić information content (AvgIpc) is 3.28. The molecule has 0 saturated carbocycles. The Labute approximate surface area is 164 Å². The SMILES string of the molecule is Cc1nc(C)c(-c2ccc(=O)n(CCNC(=O)c3ccc4c(c3)OCO4)n2)s1. The summed E-state index contributed by atoms with van der Waals surface area (Å²) in [7, 11) is 0. The number of carbonyl (C=O) groups excluding carboxylic acids is 1. The minimum Gasteiger partial charge on any atom is -0.454 e. The van der Waals surface area contributed by atoms with Crippen molar-refractivity contribution in [2.75, 3.05) is 13.3 Å². The van der Waals surface area contributed by atoms with E-state index in [1.807, 2.05) is 13.8 Å². The van der Waals surface area contributed by atoms with Crippen LogP contribution in [0.1, 0.15) is 21.1 Å². The van der Waals surface area contributed by atoms with E-state index in [1.165, 1.54) is 22.1 Å². The number of hydrogen-bond acceptors (Lipinski definition) is 7. The maximum atomic E-state index is 12.3. The third-order valence-electron chi connectivity index (χ3n) is 4.25. The Hall–Kier alpha value is -3.20. The second kappa shape index (κ2) is 7.43. The van der Waals surface area contributed by atoms with Gasteiger partial charge in [-0.15, -0.1) is 11.3 Å². The van der Waals surface area contributed by atoms with Crippen LogP contribution in [-0.4, -0.2) is 34.0 Å². The number of hydrogen-bond donors (Lipinski definition) is 1. The number of aromatic nitrogens is 3. The fraction of sp³-hybridized carbons (Fsp3) is 0.263. The minimum atomic E-state index is -0.253. The predicted octanol–water partition coefficient (Wildman–Crippen LogP) is 2.14. The van der Waals surface area contributed by atoms with Crippen molar-refractivity contribution in [1.82, 2.24) is 20.1 Å². The summed E-state index contributed by atoms with van der Waals surface area (Å²) in [5.41, 5.74) is 1.83. The van der Waals surface area contributed by atoms with Crippen molar-refractivity contribution in [3.05, 3.63) is 57.0 Å². The first-order chi connectivity index (χ1) is 13.5. The largest absolute Gasteiger partial charge is 0.454 e. The quantitative estimate of drug-likeness (QED) is 0.708. The van der Waals surface area contributed by atoms with E-state index in [0.717, 1.165) is 15.6 Å². The van der Waals surface area contributed by atoms with E-state index in [1.54, 1.807) is 24.3 Å². The molecule has 2 aromatic heterocycles. The summed E-state index contributed by atoms with van der Waals surface area (Å²) in [6.07, 6.45) is 0. The van der Waals surface area contributed by atoms with Gasteiger partial charge < -0.3 is 14.8 Å². The zero-order valence-electron chi connectivity index (χ0n) is 15.4. The Morgan fingerprint density at radius 1 is 1.21 bits per heavy atom. The summed E-state index contributed by atoms with van der Waals surface area (Å²) in [4.78, 5) is 29.8. The van der Waals surface area contributed by atoms with Gasteiger partial charge in [0.1, 0.15) is 5.69 Å². The van der Waals surface area contributed by atoms with Crippen LogP contribution in [0.2, 0.25) is 0 Å². The molecule has 1 aromatic carbocycles. The highest BCUT2D eigenvalue weighted by molar-refractivity contribution is 7.15. The molecule has 9 heteroatoms. The lowest BCUT2D eigenvalue weighted by atomic mass is 10.2. The van der Waals surface area contributed by atoms with Crippen LogP contribution >= 0.6 is 11.3 Å². The van der Waals surface area contributed by atoms with E-state index < -0.39 is 0 Å². The van der Waals surface area contributed by atoms with Crippen molar-refractivity contribution in [2.45, 2.75) is 20.4 Å². The molecule has 0 atom stereocenters. The average molecular weight is 398 g/mol. The molecule has 1 aliphatic rings. The number of fused-ring (bicyclic) bond motifs is 1. The van der Waals surface area contributed by atoms with E-state index in [4.69, 9.17) is 9.47 Å². The van der Waals surface area contributed by atoms with E-state index in [2.05, 4.69) is 15.4 Å². The van der Waals surface area contributed by atoms with Gasteiger partial charge in [-0.3, -0.25) is 9.59 Å². The van der Waals surface area contributed by atoms with Gasteiger partial charge in [-0.2, -0.15) is 5.10 Å². The van der Waals surface area contributed by atoms with Crippen LogP contribution in [-0.2, 0) is 6.54 Å². The maximum Gasteiger partial charge on any atom is 0.266 e. The van der Waals surface area contributed by atoms with Crippen molar-refractivity contribution >= 4 is 17.2 Å². The molecule has 1 aliphatic heterocycles. The normalized spacial score (nSPS) is 12.2. The molecule has 8 nitrogen and oxygen atoms in total. The molecule has 1 amide bonds. The molecule has 4 rings (SSSR count). The molecule has 0 spiro atoms. The molecule has 0 fully saturated rings. The lowest BCUT2D eigenvalue weighted by Gasteiger charge is -2.08. The predicted molar refractivity (Wildman–Crippen MR) is 104 cm³/mol. The van der Waals surface area contributed by atoms with Gasteiger partial charge in [0.2, 0.25) is 6.79 Å². The van der Waals surface area contributed by atoms with Gasteiger partial charge >= 0.3 is 0 Å². The smallest absolute Gasteiger partial charge is 0.266 e. The summed E-state index contributed by atoms with van der Waals surface area (Å²) in [5.74, 6) is 0.919. The first-order valence-electron chi connectivity index (χ1n) is 8.72. The Kier molecular flexibility index (Phi) is 4.82. The Morgan fingerprint density at radius 2 is 2.04 bits per heavy atom. The molecule has 28 heavy (non-hydrogen) atoms. The second-order valence-electron chi connectivity index (χ2n) is 6.25. The zero-order valence-corrected chi connectivity index (χ0v) is 16.2. The standard InChI is InChI=1S/C19H18N4O4S/c1-11-18(28-12(2)21-11)14-4-6-17(24)23(22-14)8-7-20-19(25)13-3-5-15-16(9-13)27-10-26-15/h3-6,9H,7-8,10H2,1-2H3,(H,20,25). The van der Waals surface area contributed by atoms with Crippen molar-refractivity contribution in [3.8, 4) is 22.1 Å². The molecule has 0 saturated heterocycles. The van der Waals surface area contributed by atoms with E-state index in [0.29, 0.717) is 22.8 Å². The van der Waals surface area contributed by atoms with Gasteiger partial charge in [-0.1, -0.05) is 0 Å². The van der Waals surface area contributed by atoms with Crippen molar-refractivity contribution in [2.24, 2.45) is 0 Å². The number of aryl methyl sites for hydroxylation is 2. The maximum absolute atomic E-state index is 12.3. The molecule has 0 aliphatic carbocycles. The van der Waals surface area contributed by atoms with E-state index in [-0.39, 0.29) is 31.3 Å². The Bertz CT molecular complexity index is 1110. The topological polar surface area (TPSA) is 95.3 Å². The van der Waals surface area contributed by atoms with Crippen LogP contribution in [0.15, 0.2) is 35.1 Å². The van der Waals surface area contributed by atoms with Gasteiger partial charge in [-0.25, -0.2) is 9.67 Å². The van der Waals surface area contributed by atoms with Crippen molar-refractivity contribution in [1.29, 1.82) is 0 Å². The van der Waals surface area contributed by atoms with Crippen LogP contribution in [0.5, 0.6) is 11.5 Å². The van der Waals surface area contributed by atoms with Crippen molar-refractivity contribution in [3.63, 3.8) is 0 Å². The van der Waals surface area contributed by atoms with Crippen molar-refractivity contribution < 1.29 is 14.3 Å². The monoisotopic (exact) mass is 398 g/mol. The number of amides is 1. The molecule has 0 bridgehead atoms. The third-order valence-corrected chi connectivity index (χ3v) is 5.34. The lowest BCUT2D eigenvalue weighted by molar-refractivity contribution is 0.0951. The highest BCUT2D eigenvalue weighted by Crippen LogP contribution is 2.32. The number of benzene rings is 1. The highest BCUT2D eigenvalue weighted by atomic mass is 32.1.